The highest BCUT2D eigenvalue weighted by molar-refractivity contribution is 6.01. The number of halogens is 4. The van der Waals surface area contributed by atoms with Crippen LogP contribution >= 0.6 is 0 Å². The lowest BCUT2D eigenvalue weighted by Crippen LogP contribution is -2.18. The van der Waals surface area contributed by atoms with E-state index in [9.17, 15) is 22.4 Å². The number of hydrogen-bond donors (Lipinski definition) is 1. The molecule has 0 bridgehead atoms. The Kier molecular flexibility index (Phi) is 5.06. The molecule has 0 aliphatic carbocycles. The minimum Gasteiger partial charge on any atom is -0.406 e. The Hall–Kier alpha value is -3.43. The monoisotopic (exact) mass is 380 g/mol. The van der Waals surface area contributed by atoms with Crippen molar-refractivity contribution in [3.05, 3.63) is 72.1 Å². The van der Waals surface area contributed by atoms with Gasteiger partial charge in [-0.2, -0.15) is 0 Å². The van der Waals surface area contributed by atoms with Crippen molar-refractivity contribution in [2.45, 2.75) is 12.9 Å². The van der Waals surface area contributed by atoms with Gasteiger partial charge in [0.2, 0.25) is 5.82 Å². The lowest BCUT2D eigenvalue weighted by atomic mass is 10.2. The summed E-state index contributed by atoms with van der Waals surface area (Å²) >= 11 is 0. The van der Waals surface area contributed by atoms with E-state index in [1.54, 1.807) is 0 Å². The van der Waals surface area contributed by atoms with Crippen molar-refractivity contribution in [3.8, 4) is 5.75 Å². The molecule has 2 aromatic carbocycles. The van der Waals surface area contributed by atoms with Gasteiger partial charge in [0, 0.05) is 6.07 Å². The molecule has 1 heterocycles. The van der Waals surface area contributed by atoms with Gasteiger partial charge in [-0.15, -0.1) is 18.3 Å². The molecule has 1 aromatic heterocycles. The number of nitrogens with one attached hydrogen (secondary N) is 1. The number of ether oxygens (including phenoxy) is 1. The van der Waals surface area contributed by atoms with Crippen molar-refractivity contribution in [1.29, 1.82) is 0 Å². The van der Waals surface area contributed by atoms with Crippen molar-refractivity contribution in [1.82, 2.24) is 14.8 Å². The van der Waals surface area contributed by atoms with E-state index < -0.39 is 23.8 Å². The predicted molar refractivity (Wildman–Crippen MR) is 86.6 cm³/mol. The number of aromatic nitrogens is 3. The van der Waals surface area contributed by atoms with Crippen LogP contribution in [0.4, 0.5) is 23.2 Å². The second-order valence-corrected chi connectivity index (χ2v) is 5.39. The molecule has 0 atom stereocenters. The van der Waals surface area contributed by atoms with Gasteiger partial charge >= 0.3 is 6.36 Å². The molecule has 0 spiro atoms. The molecule has 6 nitrogen and oxygen atoms in total. The van der Waals surface area contributed by atoms with E-state index in [4.69, 9.17) is 0 Å². The van der Waals surface area contributed by atoms with Gasteiger partial charge in [0.15, 0.2) is 0 Å². The maximum Gasteiger partial charge on any atom is 0.573 e. The molecule has 0 saturated carbocycles. The number of nitrogens with zero attached hydrogens (tertiary/aromatic N) is 3. The zero-order chi connectivity index (χ0) is 19.4. The summed E-state index contributed by atoms with van der Waals surface area (Å²) in [6.07, 6.45) is -3.59. The SMILES string of the molecule is O=C(Nc1ccc(OC(F)(F)F)cc1F)c1ncn(Cc2ccccc2)n1. The summed E-state index contributed by atoms with van der Waals surface area (Å²) in [5, 5.41) is 6.20. The van der Waals surface area contributed by atoms with Crippen LogP contribution in [0.3, 0.4) is 0 Å². The van der Waals surface area contributed by atoms with Crippen LogP contribution in [0.2, 0.25) is 0 Å². The molecule has 0 aliphatic rings. The molecule has 0 fully saturated rings. The maximum absolute atomic E-state index is 13.9. The fraction of sp³-hybridized carbons (Fsp3) is 0.118. The first-order chi connectivity index (χ1) is 12.8. The van der Waals surface area contributed by atoms with Crippen molar-refractivity contribution >= 4 is 11.6 Å². The first kappa shape index (κ1) is 18.4. The van der Waals surface area contributed by atoms with Crippen molar-refractivity contribution in [3.63, 3.8) is 0 Å². The lowest BCUT2D eigenvalue weighted by Gasteiger charge is -2.10. The molecule has 3 aromatic rings. The molecule has 3 rings (SSSR count). The lowest BCUT2D eigenvalue weighted by molar-refractivity contribution is -0.274. The molecule has 1 N–H and O–H groups in total. The minimum absolute atomic E-state index is 0.207. The summed E-state index contributed by atoms with van der Waals surface area (Å²) in [7, 11) is 0. The molecule has 140 valence electrons. The highest BCUT2D eigenvalue weighted by Crippen LogP contribution is 2.26. The summed E-state index contributed by atoms with van der Waals surface area (Å²) in [5.74, 6) is -2.83. The Balaban J connectivity index is 1.67. The molecule has 0 unspecified atom stereocenters. The smallest absolute Gasteiger partial charge is 0.406 e. The number of carbonyl (C=O) groups is 1. The largest absolute Gasteiger partial charge is 0.573 e. The van der Waals surface area contributed by atoms with E-state index in [0.29, 0.717) is 12.6 Å². The molecule has 0 aliphatic heterocycles. The standard InChI is InChI=1S/C17H12F4N4O2/c18-13-8-12(27-17(19,20)21)6-7-14(13)23-16(26)15-22-10-25(24-15)9-11-4-2-1-3-5-11/h1-8,10H,9H2,(H,23,26). The summed E-state index contributed by atoms with van der Waals surface area (Å²) in [4.78, 5) is 16.0. The van der Waals surface area contributed by atoms with E-state index in [1.165, 1.54) is 11.0 Å². The third-order valence-electron chi connectivity index (χ3n) is 3.35. The van der Waals surface area contributed by atoms with E-state index in [-0.39, 0.29) is 11.5 Å². The number of benzene rings is 2. The number of carbonyl (C=O) groups excluding carboxylic acids is 1. The van der Waals surface area contributed by atoms with Crippen LogP contribution < -0.4 is 10.1 Å². The average molecular weight is 380 g/mol. The molecule has 10 heteroatoms. The molecule has 27 heavy (non-hydrogen) atoms. The van der Waals surface area contributed by atoms with Crippen LogP contribution in [0.1, 0.15) is 16.2 Å². The predicted octanol–water partition coefficient (Wildman–Crippen LogP) is 3.62. The van der Waals surface area contributed by atoms with Gasteiger partial charge < -0.3 is 10.1 Å². The summed E-state index contributed by atoms with van der Waals surface area (Å²) in [6, 6.07) is 11.7. The van der Waals surface area contributed by atoms with E-state index in [0.717, 1.165) is 17.7 Å². The zero-order valence-corrected chi connectivity index (χ0v) is 13.6. The van der Waals surface area contributed by atoms with Gasteiger partial charge in [-0.3, -0.25) is 4.79 Å². The van der Waals surface area contributed by atoms with Gasteiger partial charge in [-0.25, -0.2) is 14.1 Å². The second kappa shape index (κ2) is 7.44. The van der Waals surface area contributed by atoms with Crippen LogP contribution in [-0.4, -0.2) is 27.0 Å². The van der Waals surface area contributed by atoms with Gasteiger partial charge in [-0.1, -0.05) is 30.3 Å². The van der Waals surface area contributed by atoms with Crippen molar-refractivity contribution < 1.29 is 27.1 Å². The number of rotatable bonds is 5. The quantitative estimate of drug-likeness (QED) is 0.687. The van der Waals surface area contributed by atoms with Crippen molar-refractivity contribution in [2.24, 2.45) is 0 Å². The van der Waals surface area contributed by atoms with E-state index in [2.05, 4.69) is 20.1 Å². The Morgan fingerprint density at radius 1 is 1.15 bits per heavy atom. The zero-order valence-electron chi connectivity index (χ0n) is 13.6. The molecule has 0 saturated heterocycles. The highest BCUT2D eigenvalue weighted by Gasteiger charge is 2.31. The van der Waals surface area contributed by atoms with Crippen molar-refractivity contribution in [2.75, 3.05) is 5.32 Å². The average Bonchev–Trinajstić information content (AvgIpc) is 3.05. The van der Waals surface area contributed by atoms with Crippen LogP contribution in [0.25, 0.3) is 0 Å². The van der Waals surface area contributed by atoms with Crippen LogP contribution in [0, 0.1) is 5.82 Å². The van der Waals surface area contributed by atoms with Gasteiger partial charge in [0.1, 0.15) is 17.9 Å². The summed E-state index contributed by atoms with van der Waals surface area (Å²) in [5.41, 5.74) is 0.620. The van der Waals surface area contributed by atoms with Gasteiger partial charge in [-0.05, 0) is 17.7 Å². The third-order valence-corrected chi connectivity index (χ3v) is 3.35. The van der Waals surface area contributed by atoms with Crippen LogP contribution in [0.5, 0.6) is 5.75 Å². The third kappa shape index (κ3) is 5.03. The fourth-order valence-electron chi connectivity index (χ4n) is 2.22. The Morgan fingerprint density at radius 3 is 2.56 bits per heavy atom. The number of anilines is 1. The Morgan fingerprint density at radius 2 is 1.89 bits per heavy atom. The fourth-order valence-corrected chi connectivity index (χ4v) is 2.22. The van der Waals surface area contributed by atoms with Crippen LogP contribution in [0.15, 0.2) is 54.9 Å². The molecular formula is C17H12F4N4O2. The molecule has 1 amide bonds. The summed E-state index contributed by atoms with van der Waals surface area (Å²) < 4.78 is 55.3. The minimum atomic E-state index is -4.94. The van der Waals surface area contributed by atoms with Crippen LogP contribution in [-0.2, 0) is 6.54 Å². The number of amides is 1. The normalized spacial score (nSPS) is 11.3. The highest BCUT2D eigenvalue weighted by atomic mass is 19.4. The second-order valence-electron chi connectivity index (χ2n) is 5.39. The number of hydrogen-bond acceptors (Lipinski definition) is 4. The first-order valence-electron chi connectivity index (χ1n) is 7.60. The van der Waals surface area contributed by atoms with E-state index >= 15 is 0 Å². The van der Waals surface area contributed by atoms with E-state index in [1.807, 2.05) is 30.3 Å². The Labute approximate surface area is 150 Å². The van der Waals surface area contributed by atoms with Gasteiger partial charge in [0.25, 0.3) is 5.91 Å². The maximum atomic E-state index is 13.9. The first-order valence-corrected chi connectivity index (χ1v) is 7.60. The number of alkyl halides is 3. The topological polar surface area (TPSA) is 69.0 Å². The molecule has 0 radical (unpaired) electrons. The molecular weight excluding hydrogens is 368 g/mol. The summed E-state index contributed by atoms with van der Waals surface area (Å²) in [6.45, 7) is 0.388. The van der Waals surface area contributed by atoms with Gasteiger partial charge in [0.05, 0.1) is 12.2 Å². The Bertz CT molecular complexity index is 942.